The van der Waals surface area contributed by atoms with Crippen LogP contribution >= 0.6 is 0 Å². The zero-order valence-electron chi connectivity index (χ0n) is 12.3. The second kappa shape index (κ2) is 7.40. The third-order valence-corrected chi connectivity index (χ3v) is 3.72. The Bertz CT molecular complexity index is 228. The maximum absolute atomic E-state index is 9.98. The first-order valence-electron chi connectivity index (χ1n) is 6.78. The number of rotatable bonds is 7. The Morgan fingerprint density at radius 2 is 1.94 bits per heavy atom. The van der Waals surface area contributed by atoms with E-state index in [0.717, 1.165) is 39.4 Å². The first-order valence-corrected chi connectivity index (χ1v) is 6.78. The summed E-state index contributed by atoms with van der Waals surface area (Å²) in [4.78, 5) is 4.45. The van der Waals surface area contributed by atoms with Crippen molar-refractivity contribution in [3.8, 4) is 0 Å². The van der Waals surface area contributed by atoms with E-state index in [9.17, 15) is 5.11 Å². The average molecular weight is 259 g/mol. The van der Waals surface area contributed by atoms with Crippen LogP contribution in [0.1, 0.15) is 13.8 Å². The Balaban J connectivity index is 2.14. The second-order valence-corrected chi connectivity index (χ2v) is 5.90. The topological polar surface area (TPSA) is 48.0 Å². The molecule has 0 bridgehead atoms. The third kappa shape index (κ3) is 5.63. The van der Waals surface area contributed by atoms with Gasteiger partial charge in [0.05, 0.1) is 19.3 Å². The Morgan fingerprint density at radius 3 is 2.50 bits per heavy atom. The molecule has 1 aliphatic rings. The van der Waals surface area contributed by atoms with Crippen LogP contribution in [0.25, 0.3) is 0 Å². The number of aliphatic hydroxyl groups is 1. The molecule has 0 radical (unpaired) electrons. The minimum Gasteiger partial charge on any atom is -0.390 e. The van der Waals surface area contributed by atoms with E-state index in [1.54, 1.807) is 0 Å². The van der Waals surface area contributed by atoms with Gasteiger partial charge in [0.1, 0.15) is 0 Å². The summed E-state index contributed by atoms with van der Waals surface area (Å²) in [5.41, 5.74) is 0.110. The maximum Gasteiger partial charge on any atom is 0.0791 e. The smallest absolute Gasteiger partial charge is 0.0791 e. The molecule has 18 heavy (non-hydrogen) atoms. The van der Waals surface area contributed by atoms with Gasteiger partial charge in [0.15, 0.2) is 0 Å². The molecule has 0 aliphatic carbocycles. The van der Waals surface area contributed by atoms with Gasteiger partial charge < -0.3 is 20.1 Å². The van der Waals surface area contributed by atoms with Crippen LogP contribution in [-0.4, -0.2) is 86.6 Å². The van der Waals surface area contributed by atoms with Crippen molar-refractivity contribution >= 4 is 0 Å². The summed E-state index contributed by atoms with van der Waals surface area (Å²) in [5.74, 6) is 0. The molecular formula is C13H29N3O2. The van der Waals surface area contributed by atoms with Crippen LogP contribution in [0.3, 0.4) is 0 Å². The number of hydrogen-bond acceptors (Lipinski definition) is 5. The van der Waals surface area contributed by atoms with Crippen molar-refractivity contribution < 1.29 is 9.84 Å². The van der Waals surface area contributed by atoms with Gasteiger partial charge in [-0.15, -0.1) is 0 Å². The highest BCUT2D eigenvalue weighted by molar-refractivity contribution is 4.80. The van der Waals surface area contributed by atoms with Gasteiger partial charge in [-0.3, -0.25) is 4.90 Å². The monoisotopic (exact) mass is 259 g/mol. The van der Waals surface area contributed by atoms with E-state index in [4.69, 9.17) is 4.74 Å². The highest BCUT2D eigenvalue weighted by Crippen LogP contribution is 2.07. The van der Waals surface area contributed by atoms with Crippen LogP contribution in [0, 0.1) is 0 Å². The largest absolute Gasteiger partial charge is 0.390 e. The summed E-state index contributed by atoms with van der Waals surface area (Å²) >= 11 is 0. The molecule has 1 aliphatic heterocycles. The molecular weight excluding hydrogens is 230 g/mol. The second-order valence-electron chi connectivity index (χ2n) is 5.90. The van der Waals surface area contributed by atoms with Crippen LogP contribution in [0.15, 0.2) is 0 Å². The van der Waals surface area contributed by atoms with Gasteiger partial charge >= 0.3 is 0 Å². The van der Waals surface area contributed by atoms with Gasteiger partial charge in [-0.05, 0) is 27.9 Å². The predicted molar refractivity (Wildman–Crippen MR) is 73.9 cm³/mol. The van der Waals surface area contributed by atoms with Crippen LogP contribution in [0.4, 0.5) is 0 Å². The van der Waals surface area contributed by atoms with E-state index >= 15 is 0 Å². The third-order valence-electron chi connectivity index (χ3n) is 3.72. The molecule has 1 unspecified atom stereocenters. The lowest BCUT2D eigenvalue weighted by Gasteiger charge is -2.33. The van der Waals surface area contributed by atoms with Crippen molar-refractivity contribution in [2.24, 2.45) is 0 Å². The minimum absolute atomic E-state index is 0.110. The number of ether oxygens (including phenoxy) is 1. The van der Waals surface area contributed by atoms with E-state index < -0.39 is 0 Å². The van der Waals surface area contributed by atoms with Gasteiger partial charge in [0.2, 0.25) is 0 Å². The van der Waals surface area contributed by atoms with Gasteiger partial charge in [-0.1, -0.05) is 0 Å². The molecule has 0 aromatic carbocycles. The minimum atomic E-state index is -0.305. The van der Waals surface area contributed by atoms with Gasteiger partial charge in [0, 0.05) is 38.3 Å². The number of morpholine rings is 1. The molecule has 5 nitrogen and oxygen atoms in total. The fourth-order valence-corrected chi connectivity index (χ4v) is 1.85. The predicted octanol–water partition coefficient (Wildman–Crippen LogP) is -0.391. The molecule has 1 atom stereocenters. The Morgan fingerprint density at radius 1 is 1.33 bits per heavy atom. The number of nitrogens with one attached hydrogen (secondary N) is 1. The van der Waals surface area contributed by atoms with E-state index in [1.807, 2.05) is 0 Å². The van der Waals surface area contributed by atoms with Crippen molar-refractivity contribution in [3.05, 3.63) is 0 Å². The molecule has 0 saturated carbocycles. The molecule has 108 valence electrons. The fraction of sp³-hybridized carbons (Fsp3) is 1.00. The molecule has 1 rings (SSSR count). The quantitative estimate of drug-likeness (QED) is 0.652. The maximum atomic E-state index is 9.98. The summed E-state index contributed by atoms with van der Waals surface area (Å²) < 4.78 is 5.29. The van der Waals surface area contributed by atoms with E-state index in [0.29, 0.717) is 6.54 Å². The van der Waals surface area contributed by atoms with Gasteiger partial charge in [0.25, 0.3) is 0 Å². The number of nitrogens with zero attached hydrogens (tertiary/aromatic N) is 2. The normalized spacial score (nSPS) is 20.3. The highest BCUT2D eigenvalue weighted by atomic mass is 16.5. The van der Waals surface area contributed by atoms with Gasteiger partial charge in [-0.25, -0.2) is 0 Å². The van der Waals surface area contributed by atoms with E-state index in [-0.39, 0.29) is 11.6 Å². The number of hydrogen-bond donors (Lipinski definition) is 2. The average Bonchev–Trinajstić information content (AvgIpc) is 2.29. The van der Waals surface area contributed by atoms with Crippen molar-refractivity contribution in [2.75, 3.05) is 60.0 Å². The molecule has 5 heteroatoms. The van der Waals surface area contributed by atoms with Crippen LogP contribution in [-0.2, 0) is 4.74 Å². The molecule has 0 spiro atoms. The number of β-amino-alcohol motifs (C(OH)–C–C–N with tert-alkyl or cyclic N) is 1. The lowest BCUT2D eigenvalue weighted by atomic mass is 10.0. The van der Waals surface area contributed by atoms with E-state index in [2.05, 4.69) is 43.1 Å². The van der Waals surface area contributed by atoms with E-state index in [1.165, 1.54) is 0 Å². The molecule has 0 aromatic heterocycles. The van der Waals surface area contributed by atoms with Crippen LogP contribution in [0.5, 0.6) is 0 Å². The standard InChI is InChI=1S/C13H29N3O2/c1-13(2,15(3)4)11-14-9-12(17)10-16-5-7-18-8-6-16/h12,14,17H,5-11H2,1-4H3. The summed E-state index contributed by atoms with van der Waals surface area (Å²) in [7, 11) is 4.15. The molecule has 2 N–H and O–H groups in total. The van der Waals surface area contributed by atoms with Crippen molar-refractivity contribution in [1.29, 1.82) is 0 Å². The first kappa shape index (κ1) is 15.9. The van der Waals surface area contributed by atoms with Crippen molar-refractivity contribution in [3.63, 3.8) is 0 Å². The molecule has 0 aromatic rings. The lowest BCUT2D eigenvalue weighted by molar-refractivity contribution is 0.0144. The van der Waals surface area contributed by atoms with Gasteiger partial charge in [-0.2, -0.15) is 0 Å². The molecule has 1 saturated heterocycles. The zero-order chi connectivity index (χ0) is 13.6. The van der Waals surface area contributed by atoms with Crippen LogP contribution < -0.4 is 5.32 Å². The molecule has 1 fully saturated rings. The first-order chi connectivity index (χ1) is 8.42. The Labute approximate surface area is 111 Å². The highest BCUT2D eigenvalue weighted by Gasteiger charge is 2.20. The molecule has 1 heterocycles. The van der Waals surface area contributed by atoms with Crippen LogP contribution in [0.2, 0.25) is 0 Å². The summed E-state index contributed by atoms with van der Waals surface area (Å²) in [5, 5.41) is 13.3. The zero-order valence-corrected chi connectivity index (χ0v) is 12.3. The number of aliphatic hydroxyl groups excluding tert-OH is 1. The summed E-state index contributed by atoms with van der Waals surface area (Å²) in [6, 6.07) is 0. The Hall–Kier alpha value is -0.200. The summed E-state index contributed by atoms with van der Waals surface area (Å²) in [6.45, 7) is 10.1. The van der Waals surface area contributed by atoms with Crippen molar-refractivity contribution in [1.82, 2.24) is 15.1 Å². The lowest BCUT2D eigenvalue weighted by Crippen LogP contribution is -2.49. The number of likely N-dealkylation sites (N-methyl/N-ethyl adjacent to an activating group) is 1. The SMILES string of the molecule is CN(C)C(C)(C)CNCC(O)CN1CCOCC1. The van der Waals surface area contributed by atoms with Crippen molar-refractivity contribution in [2.45, 2.75) is 25.5 Å². The fourth-order valence-electron chi connectivity index (χ4n) is 1.85. The summed E-state index contributed by atoms with van der Waals surface area (Å²) in [6.07, 6.45) is -0.305. The Kier molecular flexibility index (Phi) is 6.52. The molecule has 0 amide bonds.